The molecule has 88 valence electrons. The summed E-state index contributed by atoms with van der Waals surface area (Å²) in [5.74, 6) is 0.914. The number of Topliss-reactive ketones (excluding diaryl/α,β-unsaturated/α-hetero) is 1. The zero-order chi connectivity index (χ0) is 12.3. The lowest BCUT2D eigenvalue weighted by atomic mass is 10.2. The first-order valence-electron chi connectivity index (χ1n) is 5.49. The molecule has 1 aromatic carbocycles. The molecule has 3 heteroatoms. The van der Waals surface area contributed by atoms with Gasteiger partial charge in [-0.2, -0.15) is 0 Å². The van der Waals surface area contributed by atoms with Gasteiger partial charge in [-0.15, -0.1) is 0 Å². The molecule has 1 aromatic heterocycles. The van der Waals surface area contributed by atoms with Crippen LogP contribution in [0.4, 0.5) is 0 Å². The highest BCUT2D eigenvalue weighted by Gasteiger charge is 2.06. The molecule has 0 spiro atoms. The highest BCUT2D eigenvalue weighted by atomic mass is 16.5. The van der Waals surface area contributed by atoms with Gasteiger partial charge in [-0.1, -0.05) is 12.1 Å². The Morgan fingerprint density at radius 1 is 1.29 bits per heavy atom. The molecule has 1 heterocycles. The minimum atomic E-state index is 0.0814. The van der Waals surface area contributed by atoms with E-state index in [-0.39, 0.29) is 5.78 Å². The summed E-state index contributed by atoms with van der Waals surface area (Å²) in [6.07, 6.45) is 1.91. The molecule has 3 nitrogen and oxygen atoms in total. The molecule has 0 radical (unpaired) electrons. The molecule has 0 saturated heterocycles. The summed E-state index contributed by atoms with van der Waals surface area (Å²) in [5.41, 5.74) is 1.84. The molecule has 0 aliphatic carbocycles. The van der Waals surface area contributed by atoms with Gasteiger partial charge in [0, 0.05) is 19.7 Å². The van der Waals surface area contributed by atoms with Crippen LogP contribution in [0.25, 0.3) is 0 Å². The Morgan fingerprint density at radius 2 is 2.12 bits per heavy atom. The van der Waals surface area contributed by atoms with Crippen molar-refractivity contribution in [3.63, 3.8) is 0 Å². The van der Waals surface area contributed by atoms with Crippen molar-refractivity contribution in [1.29, 1.82) is 0 Å². The van der Waals surface area contributed by atoms with E-state index in [4.69, 9.17) is 4.74 Å². The minimum absolute atomic E-state index is 0.0814. The lowest BCUT2D eigenvalue weighted by Crippen LogP contribution is -2.06. The second-order valence-corrected chi connectivity index (χ2v) is 3.93. The number of methoxy groups -OCH3 is 1. The van der Waals surface area contributed by atoms with E-state index in [9.17, 15) is 4.79 Å². The second kappa shape index (κ2) is 4.87. The van der Waals surface area contributed by atoms with E-state index >= 15 is 0 Å². The third kappa shape index (κ3) is 2.56. The number of ketones is 1. The summed E-state index contributed by atoms with van der Waals surface area (Å²) in [5, 5.41) is 0. The third-order valence-electron chi connectivity index (χ3n) is 2.68. The van der Waals surface area contributed by atoms with Crippen LogP contribution in [0.5, 0.6) is 5.75 Å². The van der Waals surface area contributed by atoms with Crippen molar-refractivity contribution in [2.75, 3.05) is 7.11 Å². The van der Waals surface area contributed by atoms with Gasteiger partial charge in [0.2, 0.25) is 0 Å². The molecule has 0 amide bonds. The Labute approximate surface area is 101 Å². The molecule has 2 aromatic rings. The van der Waals surface area contributed by atoms with Crippen LogP contribution in [0, 0.1) is 0 Å². The average molecular weight is 229 g/mol. The maximum atomic E-state index is 11.4. The minimum Gasteiger partial charge on any atom is -0.497 e. The van der Waals surface area contributed by atoms with Gasteiger partial charge < -0.3 is 9.30 Å². The first kappa shape index (κ1) is 11.5. The fourth-order valence-electron chi connectivity index (χ4n) is 1.84. The Kier molecular flexibility index (Phi) is 3.28. The van der Waals surface area contributed by atoms with Crippen molar-refractivity contribution in [1.82, 2.24) is 4.57 Å². The molecule has 0 unspecified atom stereocenters. The van der Waals surface area contributed by atoms with Crippen molar-refractivity contribution in [2.24, 2.45) is 0 Å². The Bertz CT molecular complexity index is 529. The Balaban J connectivity index is 2.25. The number of aromatic nitrogens is 1. The van der Waals surface area contributed by atoms with Crippen molar-refractivity contribution < 1.29 is 9.53 Å². The van der Waals surface area contributed by atoms with E-state index in [0.717, 1.165) is 17.0 Å². The summed E-state index contributed by atoms with van der Waals surface area (Å²) in [4.78, 5) is 11.4. The van der Waals surface area contributed by atoms with Gasteiger partial charge in [0.25, 0.3) is 0 Å². The van der Waals surface area contributed by atoms with Crippen LogP contribution < -0.4 is 4.74 Å². The fraction of sp³-hybridized carbons (Fsp3) is 0.214. The van der Waals surface area contributed by atoms with Crippen LogP contribution in [0.2, 0.25) is 0 Å². The van der Waals surface area contributed by atoms with Crippen molar-refractivity contribution in [3.8, 4) is 5.75 Å². The molecule has 0 atom stereocenters. The normalized spacial score (nSPS) is 10.2. The van der Waals surface area contributed by atoms with E-state index in [1.807, 2.05) is 47.2 Å². The summed E-state index contributed by atoms with van der Waals surface area (Å²) >= 11 is 0. The monoisotopic (exact) mass is 229 g/mol. The number of nitrogens with zero attached hydrogens (tertiary/aromatic N) is 1. The molecule has 0 aliphatic rings. The van der Waals surface area contributed by atoms with Gasteiger partial charge in [0.1, 0.15) is 5.75 Å². The van der Waals surface area contributed by atoms with E-state index in [1.54, 1.807) is 14.0 Å². The van der Waals surface area contributed by atoms with Crippen molar-refractivity contribution >= 4 is 5.78 Å². The quantitative estimate of drug-likeness (QED) is 0.755. The molecule has 0 aliphatic heterocycles. The Hall–Kier alpha value is -2.03. The summed E-state index contributed by atoms with van der Waals surface area (Å²) in [6.45, 7) is 2.26. The number of benzene rings is 1. The molecule has 17 heavy (non-hydrogen) atoms. The summed E-state index contributed by atoms with van der Waals surface area (Å²) in [6, 6.07) is 11.6. The molecule has 0 fully saturated rings. The highest BCUT2D eigenvalue weighted by molar-refractivity contribution is 5.92. The van der Waals surface area contributed by atoms with Gasteiger partial charge in [-0.3, -0.25) is 4.79 Å². The lowest BCUT2D eigenvalue weighted by molar-refractivity contribution is 0.100. The van der Waals surface area contributed by atoms with E-state index in [2.05, 4.69) is 0 Å². The molecular formula is C14H15NO2. The van der Waals surface area contributed by atoms with Gasteiger partial charge in [0.15, 0.2) is 5.78 Å². The zero-order valence-electron chi connectivity index (χ0n) is 10.0. The number of rotatable bonds is 4. The maximum absolute atomic E-state index is 11.4. The lowest BCUT2D eigenvalue weighted by Gasteiger charge is -2.08. The van der Waals surface area contributed by atoms with Gasteiger partial charge >= 0.3 is 0 Å². The molecule has 0 saturated carbocycles. The standard InChI is InChI=1S/C14H15NO2/c1-11(16)14-7-4-8-15(14)10-12-5-3-6-13(9-12)17-2/h3-9H,10H2,1-2H3. The molecule has 0 N–H and O–H groups in total. The number of ether oxygens (including phenoxy) is 1. The largest absolute Gasteiger partial charge is 0.497 e. The van der Waals surface area contributed by atoms with Gasteiger partial charge in [-0.25, -0.2) is 0 Å². The van der Waals surface area contributed by atoms with Gasteiger partial charge in [0.05, 0.1) is 12.8 Å². The van der Waals surface area contributed by atoms with Crippen LogP contribution in [0.3, 0.4) is 0 Å². The van der Waals surface area contributed by atoms with Crippen LogP contribution in [0.15, 0.2) is 42.6 Å². The highest BCUT2D eigenvalue weighted by Crippen LogP contribution is 2.15. The van der Waals surface area contributed by atoms with Gasteiger partial charge in [-0.05, 0) is 29.8 Å². The van der Waals surface area contributed by atoms with Crippen molar-refractivity contribution in [2.45, 2.75) is 13.5 Å². The number of carbonyl (C=O) groups excluding carboxylic acids is 1. The third-order valence-corrected chi connectivity index (χ3v) is 2.68. The molecular weight excluding hydrogens is 214 g/mol. The average Bonchev–Trinajstić information content (AvgIpc) is 2.77. The van der Waals surface area contributed by atoms with Crippen LogP contribution >= 0.6 is 0 Å². The SMILES string of the molecule is COc1cccc(Cn2cccc2C(C)=O)c1. The maximum Gasteiger partial charge on any atom is 0.176 e. The zero-order valence-corrected chi connectivity index (χ0v) is 10.0. The van der Waals surface area contributed by atoms with E-state index in [1.165, 1.54) is 0 Å². The van der Waals surface area contributed by atoms with Crippen molar-refractivity contribution in [3.05, 3.63) is 53.9 Å². The fourth-order valence-corrected chi connectivity index (χ4v) is 1.84. The van der Waals surface area contributed by atoms with Crippen LogP contribution in [-0.2, 0) is 6.54 Å². The predicted octanol–water partition coefficient (Wildman–Crippen LogP) is 2.75. The van der Waals surface area contributed by atoms with Crippen LogP contribution in [-0.4, -0.2) is 17.5 Å². The number of hydrogen-bond donors (Lipinski definition) is 0. The topological polar surface area (TPSA) is 31.2 Å². The molecule has 2 rings (SSSR count). The second-order valence-electron chi connectivity index (χ2n) is 3.93. The molecule has 0 bridgehead atoms. The van der Waals surface area contributed by atoms with Crippen LogP contribution in [0.1, 0.15) is 23.0 Å². The number of hydrogen-bond acceptors (Lipinski definition) is 2. The smallest absolute Gasteiger partial charge is 0.176 e. The summed E-state index contributed by atoms with van der Waals surface area (Å²) in [7, 11) is 1.65. The predicted molar refractivity (Wildman–Crippen MR) is 66.5 cm³/mol. The Morgan fingerprint density at radius 3 is 2.82 bits per heavy atom. The number of carbonyl (C=O) groups is 1. The van der Waals surface area contributed by atoms with E-state index in [0.29, 0.717) is 6.54 Å². The first-order valence-corrected chi connectivity index (χ1v) is 5.49. The summed E-state index contributed by atoms with van der Waals surface area (Å²) < 4.78 is 7.12. The first-order chi connectivity index (χ1) is 8.20. The van der Waals surface area contributed by atoms with E-state index < -0.39 is 0 Å².